The number of hydrazone groups is 1. The molecule has 0 atom stereocenters. The van der Waals surface area contributed by atoms with Crippen molar-refractivity contribution in [1.82, 2.24) is 14.8 Å². The zero-order chi connectivity index (χ0) is 31.9. The Bertz CT molecular complexity index is 1700. The SMILES string of the molecule is COc1cc2c(Oc3ccc(N(/N=C/c4ccc(Cl)cc4Cl)C(N)=S)cc3F)ccnc2cc1OCCCN1CCN(C)CC1. The molecule has 1 saturated heterocycles. The Hall–Kier alpha value is -3.74. The maximum absolute atomic E-state index is 15.4. The topological polar surface area (TPSA) is 88.7 Å². The number of aromatic nitrogens is 1. The second kappa shape index (κ2) is 15.0. The highest BCUT2D eigenvalue weighted by Gasteiger charge is 2.17. The van der Waals surface area contributed by atoms with Crippen molar-refractivity contribution in [2.75, 3.05) is 58.5 Å². The summed E-state index contributed by atoms with van der Waals surface area (Å²) in [6.45, 7) is 5.82. The predicted molar refractivity (Wildman–Crippen MR) is 182 cm³/mol. The Morgan fingerprint density at radius 3 is 2.56 bits per heavy atom. The van der Waals surface area contributed by atoms with Crippen molar-refractivity contribution >= 4 is 63.3 Å². The van der Waals surface area contributed by atoms with Crippen LogP contribution in [-0.4, -0.2) is 79.6 Å². The fraction of sp³-hybridized carbons (Fsp3) is 0.281. The number of hydrogen-bond acceptors (Lipinski definition) is 8. The zero-order valence-corrected chi connectivity index (χ0v) is 27.2. The molecule has 0 radical (unpaired) electrons. The molecule has 0 saturated carbocycles. The molecule has 13 heteroatoms. The lowest BCUT2D eigenvalue weighted by Crippen LogP contribution is -2.44. The number of piperazine rings is 1. The molecule has 0 unspecified atom stereocenters. The number of nitrogens with zero attached hydrogens (tertiary/aromatic N) is 5. The minimum Gasteiger partial charge on any atom is -0.493 e. The predicted octanol–water partition coefficient (Wildman–Crippen LogP) is 6.58. The van der Waals surface area contributed by atoms with Crippen LogP contribution in [0.3, 0.4) is 0 Å². The number of likely N-dealkylation sites (N-methyl/N-ethyl adjacent to an activating group) is 1. The van der Waals surface area contributed by atoms with E-state index in [9.17, 15) is 0 Å². The van der Waals surface area contributed by atoms with Crippen LogP contribution in [0.5, 0.6) is 23.0 Å². The summed E-state index contributed by atoms with van der Waals surface area (Å²) in [6, 6.07) is 14.5. The second-order valence-electron chi connectivity index (χ2n) is 10.5. The van der Waals surface area contributed by atoms with Crippen molar-refractivity contribution in [1.29, 1.82) is 0 Å². The first-order chi connectivity index (χ1) is 21.7. The summed E-state index contributed by atoms with van der Waals surface area (Å²) in [5.74, 6) is 0.851. The third-order valence-electron chi connectivity index (χ3n) is 7.32. The van der Waals surface area contributed by atoms with Gasteiger partial charge in [-0.05, 0) is 62.1 Å². The molecule has 1 fully saturated rings. The van der Waals surface area contributed by atoms with Crippen molar-refractivity contribution < 1.29 is 18.6 Å². The van der Waals surface area contributed by atoms with Crippen LogP contribution in [0.15, 0.2) is 65.9 Å². The van der Waals surface area contributed by atoms with E-state index in [4.69, 9.17) is 55.4 Å². The fourth-order valence-electron chi connectivity index (χ4n) is 4.83. The molecule has 1 aromatic heterocycles. The number of methoxy groups -OCH3 is 1. The lowest BCUT2D eigenvalue weighted by molar-refractivity contribution is 0.145. The summed E-state index contributed by atoms with van der Waals surface area (Å²) in [5.41, 5.74) is 7.39. The molecule has 1 aliphatic rings. The van der Waals surface area contributed by atoms with Gasteiger partial charge in [0.1, 0.15) is 5.75 Å². The number of rotatable bonds is 11. The van der Waals surface area contributed by atoms with Crippen LogP contribution < -0.4 is 25.0 Å². The van der Waals surface area contributed by atoms with E-state index in [1.807, 2.05) is 0 Å². The van der Waals surface area contributed by atoms with Gasteiger partial charge in [0.2, 0.25) is 0 Å². The Kier molecular flexibility index (Phi) is 10.9. The summed E-state index contributed by atoms with van der Waals surface area (Å²) in [4.78, 5) is 9.26. The quantitative estimate of drug-likeness (QED) is 0.0822. The molecule has 5 rings (SSSR count). The molecule has 1 aliphatic heterocycles. The lowest BCUT2D eigenvalue weighted by atomic mass is 10.1. The molecule has 236 valence electrons. The lowest BCUT2D eigenvalue weighted by Gasteiger charge is -2.32. The molecule has 4 aromatic rings. The Morgan fingerprint density at radius 2 is 1.84 bits per heavy atom. The van der Waals surface area contributed by atoms with E-state index in [1.165, 1.54) is 23.4 Å². The molecule has 2 N–H and O–H groups in total. The molecule has 3 aromatic carbocycles. The van der Waals surface area contributed by atoms with E-state index in [-0.39, 0.29) is 10.9 Å². The summed E-state index contributed by atoms with van der Waals surface area (Å²) >= 11 is 17.4. The molecule has 0 bridgehead atoms. The van der Waals surface area contributed by atoms with Crippen molar-refractivity contribution in [3.05, 3.63) is 82.2 Å². The average molecular weight is 672 g/mol. The smallest absolute Gasteiger partial charge is 0.191 e. The summed E-state index contributed by atoms with van der Waals surface area (Å²) in [7, 11) is 3.72. The monoisotopic (exact) mass is 670 g/mol. The fourth-order valence-corrected chi connectivity index (χ4v) is 5.44. The number of hydrogen-bond donors (Lipinski definition) is 1. The third-order valence-corrected chi connectivity index (χ3v) is 8.06. The third kappa shape index (κ3) is 8.30. The van der Waals surface area contributed by atoms with Crippen molar-refractivity contribution in [3.63, 3.8) is 0 Å². The van der Waals surface area contributed by atoms with Gasteiger partial charge in [-0.3, -0.25) is 4.98 Å². The second-order valence-corrected chi connectivity index (χ2v) is 11.7. The Morgan fingerprint density at radius 1 is 1.04 bits per heavy atom. The van der Waals surface area contributed by atoms with Gasteiger partial charge in [-0.2, -0.15) is 5.10 Å². The van der Waals surface area contributed by atoms with Gasteiger partial charge in [0.05, 0.1) is 36.2 Å². The highest BCUT2D eigenvalue weighted by Crippen LogP contribution is 2.38. The van der Waals surface area contributed by atoms with Crippen LogP contribution in [0, 0.1) is 5.82 Å². The zero-order valence-electron chi connectivity index (χ0n) is 24.9. The Labute approximate surface area is 276 Å². The summed E-state index contributed by atoms with van der Waals surface area (Å²) < 4.78 is 33.1. The van der Waals surface area contributed by atoms with Gasteiger partial charge < -0.3 is 29.7 Å². The normalized spacial score (nSPS) is 14.2. The number of ether oxygens (including phenoxy) is 3. The summed E-state index contributed by atoms with van der Waals surface area (Å²) in [5, 5.41) is 6.94. The Balaban J connectivity index is 1.30. The van der Waals surface area contributed by atoms with E-state index >= 15 is 4.39 Å². The summed E-state index contributed by atoms with van der Waals surface area (Å²) in [6.07, 6.45) is 3.95. The van der Waals surface area contributed by atoms with Crippen LogP contribution >= 0.6 is 35.4 Å². The minimum atomic E-state index is -0.647. The van der Waals surface area contributed by atoms with Gasteiger partial charge in [-0.25, -0.2) is 9.40 Å². The maximum Gasteiger partial charge on any atom is 0.191 e. The molecule has 0 spiro atoms. The minimum absolute atomic E-state index is 0.0120. The highest BCUT2D eigenvalue weighted by molar-refractivity contribution is 7.80. The largest absolute Gasteiger partial charge is 0.493 e. The highest BCUT2D eigenvalue weighted by atomic mass is 35.5. The van der Waals surface area contributed by atoms with E-state index in [0.29, 0.717) is 56.1 Å². The first-order valence-corrected chi connectivity index (χ1v) is 15.4. The van der Waals surface area contributed by atoms with Crippen LogP contribution in [0.2, 0.25) is 10.0 Å². The molecular weight excluding hydrogens is 638 g/mol. The molecule has 2 heterocycles. The number of halogens is 3. The van der Waals surface area contributed by atoms with Gasteiger partial charge in [0.15, 0.2) is 28.2 Å². The van der Waals surface area contributed by atoms with Gasteiger partial charge in [0.25, 0.3) is 0 Å². The first kappa shape index (κ1) is 32.6. The first-order valence-electron chi connectivity index (χ1n) is 14.3. The van der Waals surface area contributed by atoms with Gasteiger partial charge in [-0.1, -0.05) is 29.3 Å². The molecule has 45 heavy (non-hydrogen) atoms. The van der Waals surface area contributed by atoms with Crippen LogP contribution in [0.25, 0.3) is 10.9 Å². The molecule has 0 amide bonds. The van der Waals surface area contributed by atoms with Crippen molar-refractivity contribution in [2.24, 2.45) is 10.8 Å². The van der Waals surface area contributed by atoms with Gasteiger partial charge in [0, 0.05) is 67.0 Å². The van der Waals surface area contributed by atoms with E-state index in [1.54, 1.807) is 55.8 Å². The number of thiocarbonyl (C=S) groups is 1. The number of nitrogens with two attached hydrogens (primary N) is 1. The average Bonchev–Trinajstić information content (AvgIpc) is 3.02. The van der Waals surface area contributed by atoms with Gasteiger partial charge >= 0.3 is 0 Å². The maximum atomic E-state index is 15.4. The van der Waals surface area contributed by atoms with E-state index in [2.05, 4.69) is 26.9 Å². The number of benzene rings is 3. The standard InChI is InChI=1S/C32H33Cl2FN6O3S/c1-39-11-13-40(14-12-39)10-3-15-43-31-19-27-24(18-30(31)42-2)28(8-9-37-27)44-29-7-6-23(17-26(29)35)41(32(36)45)38-20-21-4-5-22(33)16-25(21)34/h4-9,16-20H,3,10-15H2,1-2H3,(H2,36,45)/b38-20+. The van der Waals surface area contributed by atoms with Crippen LogP contribution in [0.4, 0.5) is 10.1 Å². The molecule has 0 aliphatic carbocycles. The van der Waals surface area contributed by atoms with E-state index in [0.717, 1.165) is 39.1 Å². The van der Waals surface area contributed by atoms with Crippen LogP contribution in [0.1, 0.15) is 12.0 Å². The molecule has 9 nitrogen and oxygen atoms in total. The van der Waals surface area contributed by atoms with Crippen LogP contribution in [-0.2, 0) is 0 Å². The van der Waals surface area contributed by atoms with Crippen molar-refractivity contribution in [3.8, 4) is 23.0 Å². The van der Waals surface area contributed by atoms with E-state index < -0.39 is 5.82 Å². The number of fused-ring (bicyclic) bond motifs is 1. The number of pyridine rings is 1. The van der Waals surface area contributed by atoms with Gasteiger partial charge in [-0.15, -0.1) is 0 Å². The van der Waals surface area contributed by atoms with Crippen molar-refractivity contribution in [2.45, 2.75) is 6.42 Å². The molecular formula is C32H33Cl2FN6O3S. The number of anilines is 1.